The molecule has 2 rings (SSSR count). The number of rotatable bonds is 1. The Morgan fingerprint density at radius 3 is 2.69 bits per heavy atom. The van der Waals surface area contributed by atoms with Crippen LogP contribution in [0.5, 0.6) is 0 Å². The summed E-state index contributed by atoms with van der Waals surface area (Å²) in [5.74, 6) is 0.419. The van der Waals surface area contributed by atoms with Gasteiger partial charge in [0.1, 0.15) is 0 Å². The molecule has 1 aromatic rings. The fourth-order valence-electron chi connectivity index (χ4n) is 2.02. The van der Waals surface area contributed by atoms with Crippen molar-refractivity contribution < 1.29 is 5.06 Å². The summed E-state index contributed by atoms with van der Waals surface area (Å²) in [6, 6.07) is 9.28. The lowest BCUT2D eigenvalue weighted by Crippen LogP contribution is -3.11. The molecule has 3 atom stereocenters. The maximum Gasteiger partial charge on any atom is 0.167 e. The Bertz CT molecular complexity index is 396. The molecule has 2 N–H and O–H groups in total. The van der Waals surface area contributed by atoms with E-state index in [0.29, 0.717) is 18.0 Å². The van der Waals surface area contributed by atoms with Gasteiger partial charge in [-0.05, 0) is 12.1 Å². The number of benzene rings is 1. The van der Waals surface area contributed by atoms with E-state index in [1.807, 2.05) is 12.1 Å². The normalized spacial score (nSPS) is 29.7. The van der Waals surface area contributed by atoms with Gasteiger partial charge in [-0.15, -0.1) is 0 Å². The van der Waals surface area contributed by atoms with Gasteiger partial charge in [-0.3, -0.25) is 5.32 Å². The summed E-state index contributed by atoms with van der Waals surface area (Å²) in [5, 5.41) is 24.0. The molecule has 1 aliphatic rings. The lowest BCUT2D eigenvalue weighted by molar-refractivity contribution is -0.895. The highest BCUT2D eigenvalue weighted by Gasteiger charge is 2.25. The molecule has 0 saturated carbocycles. The number of hydroxylamine groups is 2. The number of quaternary nitrogens is 1. The molecule has 1 fully saturated rings. The van der Waals surface area contributed by atoms with E-state index in [-0.39, 0.29) is 11.2 Å². The van der Waals surface area contributed by atoms with Gasteiger partial charge in [0.05, 0.1) is 18.2 Å². The van der Waals surface area contributed by atoms with Crippen LogP contribution in [0.15, 0.2) is 24.3 Å². The van der Waals surface area contributed by atoms with Crippen LogP contribution < -0.4 is 10.4 Å². The second-order valence-electron chi connectivity index (χ2n) is 4.35. The van der Waals surface area contributed by atoms with Crippen molar-refractivity contribution in [2.45, 2.75) is 13.1 Å². The van der Waals surface area contributed by atoms with Crippen LogP contribution in [0.4, 0.5) is 0 Å². The topological polar surface area (TPSA) is 63.3 Å². The molecule has 0 spiro atoms. The minimum Gasteiger partial charge on any atom is -0.633 e. The summed E-state index contributed by atoms with van der Waals surface area (Å²) in [7, 11) is 0. The predicted octanol–water partition coefficient (Wildman–Crippen LogP) is 0.179. The second kappa shape index (κ2) is 4.62. The van der Waals surface area contributed by atoms with Gasteiger partial charge in [0.15, 0.2) is 6.17 Å². The third kappa shape index (κ3) is 2.22. The molecule has 84 valence electrons. The molecule has 4 nitrogen and oxygen atoms in total. The van der Waals surface area contributed by atoms with Crippen LogP contribution in [-0.2, 0) is 0 Å². The van der Waals surface area contributed by atoms with Gasteiger partial charge in [0, 0.05) is 18.0 Å². The Labute approximate surface area is 95.1 Å². The highest BCUT2D eigenvalue weighted by molar-refractivity contribution is 5.32. The van der Waals surface area contributed by atoms with E-state index in [2.05, 4.69) is 18.3 Å². The van der Waals surface area contributed by atoms with Gasteiger partial charge in [-0.2, -0.15) is 5.26 Å². The second-order valence-corrected chi connectivity index (χ2v) is 4.35. The van der Waals surface area contributed by atoms with Crippen molar-refractivity contribution in [3.63, 3.8) is 0 Å². The third-order valence-corrected chi connectivity index (χ3v) is 2.92. The van der Waals surface area contributed by atoms with E-state index >= 15 is 0 Å². The molecule has 16 heavy (non-hydrogen) atoms. The SMILES string of the molecule is CC1CNC(c2ccc(C#N)cc2)[NH+]([O-])C1. The average Bonchev–Trinajstić information content (AvgIpc) is 2.29. The summed E-state index contributed by atoms with van der Waals surface area (Å²) in [6.45, 7) is 3.58. The van der Waals surface area contributed by atoms with Crippen molar-refractivity contribution in [2.24, 2.45) is 5.92 Å². The number of nitriles is 1. The van der Waals surface area contributed by atoms with Crippen LogP contribution in [0.2, 0.25) is 0 Å². The van der Waals surface area contributed by atoms with E-state index in [1.165, 1.54) is 0 Å². The largest absolute Gasteiger partial charge is 0.633 e. The van der Waals surface area contributed by atoms with Gasteiger partial charge in [-0.1, -0.05) is 19.1 Å². The molecular formula is C12H15N3O. The van der Waals surface area contributed by atoms with E-state index in [4.69, 9.17) is 5.26 Å². The zero-order valence-electron chi connectivity index (χ0n) is 9.23. The quantitative estimate of drug-likeness (QED) is 0.660. The average molecular weight is 217 g/mol. The van der Waals surface area contributed by atoms with E-state index in [9.17, 15) is 5.21 Å². The summed E-state index contributed by atoms with van der Waals surface area (Å²) in [4.78, 5) is 0. The predicted molar refractivity (Wildman–Crippen MR) is 60.3 cm³/mol. The Morgan fingerprint density at radius 2 is 2.12 bits per heavy atom. The van der Waals surface area contributed by atoms with Gasteiger partial charge < -0.3 is 10.3 Å². The number of nitrogens with one attached hydrogen (secondary N) is 2. The van der Waals surface area contributed by atoms with Crippen molar-refractivity contribution in [3.05, 3.63) is 40.6 Å². The van der Waals surface area contributed by atoms with Crippen LogP contribution in [0.3, 0.4) is 0 Å². The fraction of sp³-hybridized carbons (Fsp3) is 0.417. The van der Waals surface area contributed by atoms with Gasteiger partial charge in [0.2, 0.25) is 0 Å². The zero-order valence-corrected chi connectivity index (χ0v) is 9.23. The molecule has 4 heteroatoms. The first-order valence-corrected chi connectivity index (χ1v) is 5.47. The van der Waals surface area contributed by atoms with Crippen molar-refractivity contribution in [1.82, 2.24) is 5.32 Å². The number of nitrogens with zero attached hydrogens (tertiary/aromatic N) is 1. The van der Waals surface area contributed by atoms with Crippen LogP contribution in [-0.4, -0.2) is 13.1 Å². The molecule has 0 bridgehead atoms. The highest BCUT2D eigenvalue weighted by Crippen LogP contribution is 2.11. The van der Waals surface area contributed by atoms with Crippen LogP contribution in [0, 0.1) is 22.5 Å². The minimum absolute atomic E-state index is 0.191. The lowest BCUT2D eigenvalue weighted by atomic mass is 10.0. The standard InChI is InChI=1S/C12H15N3O/c1-9-7-14-12(15(16)8-9)11-4-2-10(6-13)3-5-11/h2-5,9,12,14-15H,7-8H2,1H3. The smallest absolute Gasteiger partial charge is 0.167 e. The zero-order chi connectivity index (χ0) is 11.5. The van der Waals surface area contributed by atoms with Crippen molar-refractivity contribution in [1.29, 1.82) is 5.26 Å². The Morgan fingerprint density at radius 1 is 1.44 bits per heavy atom. The molecule has 0 radical (unpaired) electrons. The minimum atomic E-state index is -0.191. The summed E-state index contributed by atoms with van der Waals surface area (Å²) in [6.07, 6.45) is -0.191. The Hall–Kier alpha value is -1.41. The molecule has 1 saturated heterocycles. The Kier molecular flexibility index (Phi) is 3.20. The summed E-state index contributed by atoms with van der Waals surface area (Å²) in [5.41, 5.74) is 1.58. The molecule has 0 amide bonds. The maximum absolute atomic E-state index is 11.8. The maximum atomic E-state index is 11.8. The monoisotopic (exact) mass is 217 g/mol. The van der Waals surface area contributed by atoms with Crippen LogP contribution in [0.1, 0.15) is 24.2 Å². The first-order valence-electron chi connectivity index (χ1n) is 5.47. The number of hydrogen-bond acceptors (Lipinski definition) is 3. The van der Waals surface area contributed by atoms with Crippen molar-refractivity contribution in [3.8, 4) is 6.07 Å². The highest BCUT2D eigenvalue weighted by atomic mass is 16.5. The number of hydrogen-bond donors (Lipinski definition) is 2. The van der Waals surface area contributed by atoms with Crippen molar-refractivity contribution >= 4 is 0 Å². The molecule has 3 unspecified atom stereocenters. The first-order chi connectivity index (χ1) is 7.70. The van der Waals surface area contributed by atoms with Gasteiger partial charge >= 0.3 is 0 Å². The first kappa shape index (κ1) is 11.1. The van der Waals surface area contributed by atoms with E-state index < -0.39 is 0 Å². The molecule has 1 heterocycles. The molecule has 1 aromatic carbocycles. The van der Waals surface area contributed by atoms with E-state index in [1.54, 1.807) is 12.1 Å². The fourth-order valence-corrected chi connectivity index (χ4v) is 2.02. The summed E-state index contributed by atoms with van der Waals surface area (Å²) < 4.78 is 0. The molecule has 0 aromatic heterocycles. The van der Waals surface area contributed by atoms with Gasteiger partial charge in [0.25, 0.3) is 0 Å². The Balaban J connectivity index is 2.14. The van der Waals surface area contributed by atoms with Crippen LogP contribution in [0.25, 0.3) is 0 Å². The molecule has 1 aliphatic heterocycles. The lowest BCUT2D eigenvalue weighted by Gasteiger charge is -2.39. The van der Waals surface area contributed by atoms with Crippen LogP contribution >= 0.6 is 0 Å². The molecule has 0 aliphatic carbocycles. The third-order valence-electron chi connectivity index (χ3n) is 2.92. The van der Waals surface area contributed by atoms with E-state index in [0.717, 1.165) is 12.1 Å². The van der Waals surface area contributed by atoms with Crippen molar-refractivity contribution in [2.75, 3.05) is 13.1 Å². The molecular weight excluding hydrogens is 202 g/mol. The summed E-state index contributed by atoms with van der Waals surface area (Å²) >= 11 is 0. The van der Waals surface area contributed by atoms with Gasteiger partial charge in [-0.25, -0.2) is 0 Å².